The van der Waals surface area contributed by atoms with Gasteiger partial charge in [-0.15, -0.1) is 24.8 Å². The van der Waals surface area contributed by atoms with Crippen molar-refractivity contribution in [3.05, 3.63) is 64.5 Å². The summed E-state index contributed by atoms with van der Waals surface area (Å²) in [5, 5.41) is 3.28. The molecule has 0 saturated heterocycles. The van der Waals surface area contributed by atoms with E-state index in [0.29, 0.717) is 17.7 Å². The average Bonchev–Trinajstić information content (AvgIpc) is 3.14. The van der Waals surface area contributed by atoms with Gasteiger partial charge in [-0.25, -0.2) is 17.9 Å². The third kappa shape index (κ3) is 6.15. The number of halogens is 2. The van der Waals surface area contributed by atoms with E-state index in [-0.39, 0.29) is 37.1 Å². The van der Waals surface area contributed by atoms with Crippen LogP contribution in [0.1, 0.15) is 32.7 Å². The molecule has 10 heteroatoms. The van der Waals surface area contributed by atoms with E-state index in [1.165, 1.54) is 24.4 Å². The van der Waals surface area contributed by atoms with Crippen molar-refractivity contribution >= 4 is 40.8 Å². The Morgan fingerprint density at radius 2 is 2.00 bits per heavy atom. The molecule has 2 N–H and O–H groups in total. The monoisotopic (exact) mass is 447 g/mol. The first kappa shape index (κ1) is 24.3. The van der Waals surface area contributed by atoms with Gasteiger partial charge in [0.2, 0.25) is 10.0 Å². The highest BCUT2D eigenvalue weighted by atomic mass is 35.5. The van der Waals surface area contributed by atoms with Crippen LogP contribution in [0.15, 0.2) is 36.5 Å². The van der Waals surface area contributed by atoms with Gasteiger partial charge in [0.05, 0.1) is 30.7 Å². The number of aromatic nitrogens is 1. The number of methoxy groups -OCH3 is 1. The van der Waals surface area contributed by atoms with E-state index in [9.17, 15) is 13.2 Å². The van der Waals surface area contributed by atoms with E-state index in [1.807, 2.05) is 12.1 Å². The first-order valence-corrected chi connectivity index (χ1v) is 9.94. The number of sulfonamides is 1. The van der Waals surface area contributed by atoms with Crippen LogP contribution in [0.5, 0.6) is 0 Å². The third-order valence-corrected chi connectivity index (χ3v) is 5.67. The fourth-order valence-electron chi connectivity index (χ4n) is 2.90. The molecule has 0 saturated carbocycles. The maximum Gasteiger partial charge on any atom is 0.339 e. The summed E-state index contributed by atoms with van der Waals surface area (Å²) in [6.45, 7) is 1.70. The SMILES string of the molecule is COC(=O)c1ccc(CNS(=O)(=O)CCc2cccc3c2CNC3)nc1.Cl.Cl. The highest BCUT2D eigenvalue weighted by molar-refractivity contribution is 7.89. The van der Waals surface area contributed by atoms with Crippen LogP contribution in [0, 0.1) is 0 Å². The van der Waals surface area contributed by atoms with Crippen molar-refractivity contribution in [2.24, 2.45) is 0 Å². The summed E-state index contributed by atoms with van der Waals surface area (Å²) in [4.78, 5) is 15.4. The molecule has 1 aromatic carbocycles. The minimum Gasteiger partial charge on any atom is -0.465 e. The Kier molecular flexibility index (Phi) is 9.32. The molecule has 28 heavy (non-hydrogen) atoms. The van der Waals surface area contributed by atoms with E-state index in [2.05, 4.69) is 25.8 Å². The van der Waals surface area contributed by atoms with Gasteiger partial charge in [-0.05, 0) is 35.2 Å². The predicted octanol–water partition coefficient (Wildman–Crippen LogP) is 1.98. The number of carbonyl (C=O) groups excluding carboxylic acids is 1. The largest absolute Gasteiger partial charge is 0.465 e. The van der Waals surface area contributed by atoms with Gasteiger partial charge < -0.3 is 10.1 Å². The van der Waals surface area contributed by atoms with Gasteiger partial charge in [0, 0.05) is 19.3 Å². The molecule has 0 spiro atoms. The Morgan fingerprint density at radius 3 is 2.68 bits per heavy atom. The molecule has 0 aliphatic carbocycles. The van der Waals surface area contributed by atoms with Gasteiger partial charge >= 0.3 is 5.97 Å². The molecule has 0 bridgehead atoms. The van der Waals surface area contributed by atoms with Crippen molar-refractivity contribution in [2.75, 3.05) is 12.9 Å². The Balaban J connectivity index is 0.00000196. The summed E-state index contributed by atoms with van der Waals surface area (Å²) in [6.07, 6.45) is 1.84. The number of rotatable bonds is 7. The van der Waals surface area contributed by atoms with Crippen molar-refractivity contribution in [3.63, 3.8) is 0 Å². The predicted molar refractivity (Wildman–Crippen MR) is 111 cm³/mol. The van der Waals surface area contributed by atoms with E-state index >= 15 is 0 Å². The molecule has 7 nitrogen and oxygen atoms in total. The number of hydrogen-bond donors (Lipinski definition) is 2. The molecule has 3 rings (SSSR count). The lowest BCUT2D eigenvalue weighted by atomic mass is 10.0. The van der Waals surface area contributed by atoms with Gasteiger partial charge in [0.25, 0.3) is 0 Å². The molecule has 154 valence electrons. The van der Waals surface area contributed by atoms with Crippen molar-refractivity contribution < 1.29 is 17.9 Å². The summed E-state index contributed by atoms with van der Waals surface area (Å²) in [7, 11) is -2.13. The lowest BCUT2D eigenvalue weighted by Crippen LogP contribution is -2.27. The van der Waals surface area contributed by atoms with Crippen LogP contribution < -0.4 is 10.0 Å². The van der Waals surface area contributed by atoms with Crippen molar-refractivity contribution in [1.82, 2.24) is 15.0 Å². The first-order chi connectivity index (χ1) is 12.5. The maximum atomic E-state index is 12.3. The minimum atomic E-state index is -3.43. The second-order valence-electron chi connectivity index (χ2n) is 6.08. The topological polar surface area (TPSA) is 97.4 Å². The second-order valence-corrected chi connectivity index (χ2v) is 8.00. The number of nitrogens with zero attached hydrogens (tertiary/aromatic N) is 1. The van der Waals surface area contributed by atoms with Gasteiger partial charge in [-0.1, -0.05) is 18.2 Å². The van der Waals surface area contributed by atoms with E-state index in [0.717, 1.165) is 18.7 Å². The minimum absolute atomic E-state index is 0. The fraction of sp³-hybridized carbons (Fsp3) is 0.333. The first-order valence-electron chi connectivity index (χ1n) is 8.29. The number of ether oxygens (including phenoxy) is 1. The zero-order chi connectivity index (χ0) is 18.6. The highest BCUT2D eigenvalue weighted by Gasteiger charge is 2.16. The summed E-state index contributed by atoms with van der Waals surface area (Å²) < 4.78 is 31.7. The molecular formula is C18H23Cl2N3O4S. The number of benzene rings is 1. The van der Waals surface area contributed by atoms with Crippen LogP contribution in [0.25, 0.3) is 0 Å². The van der Waals surface area contributed by atoms with Crippen LogP contribution in [-0.4, -0.2) is 32.2 Å². The maximum absolute atomic E-state index is 12.3. The zero-order valence-corrected chi connectivity index (χ0v) is 17.8. The highest BCUT2D eigenvalue weighted by Crippen LogP contribution is 2.20. The van der Waals surface area contributed by atoms with Gasteiger partial charge in [0.15, 0.2) is 0 Å². The van der Waals surface area contributed by atoms with E-state index in [4.69, 9.17) is 0 Å². The van der Waals surface area contributed by atoms with Crippen molar-refractivity contribution in [1.29, 1.82) is 0 Å². The molecule has 2 heterocycles. The van der Waals surface area contributed by atoms with E-state index < -0.39 is 16.0 Å². The number of aryl methyl sites for hydroxylation is 1. The van der Waals surface area contributed by atoms with Gasteiger partial charge in [-0.3, -0.25) is 4.98 Å². The fourth-order valence-corrected chi connectivity index (χ4v) is 3.91. The second kappa shape index (κ2) is 10.7. The molecule has 0 fully saturated rings. The summed E-state index contributed by atoms with van der Waals surface area (Å²) >= 11 is 0. The Hall–Kier alpha value is -1.71. The average molecular weight is 448 g/mol. The number of esters is 1. The number of hydrogen-bond acceptors (Lipinski definition) is 6. The number of pyridine rings is 1. The molecule has 1 aromatic heterocycles. The van der Waals surface area contributed by atoms with E-state index in [1.54, 1.807) is 12.1 Å². The summed E-state index contributed by atoms with van der Waals surface area (Å²) in [6, 6.07) is 9.17. The lowest BCUT2D eigenvalue weighted by molar-refractivity contribution is 0.0600. The van der Waals surface area contributed by atoms with Crippen LogP contribution in [0.3, 0.4) is 0 Å². The molecule has 0 unspecified atom stereocenters. The molecule has 0 radical (unpaired) electrons. The third-order valence-electron chi connectivity index (χ3n) is 4.35. The smallest absolute Gasteiger partial charge is 0.339 e. The number of nitrogens with one attached hydrogen (secondary N) is 2. The van der Waals surface area contributed by atoms with Crippen molar-refractivity contribution in [3.8, 4) is 0 Å². The number of carbonyl (C=O) groups is 1. The van der Waals surface area contributed by atoms with Crippen LogP contribution in [0.4, 0.5) is 0 Å². The van der Waals surface area contributed by atoms with Gasteiger partial charge in [0.1, 0.15) is 0 Å². The Labute approximate surface area is 177 Å². The molecule has 1 aliphatic heterocycles. The molecule has 1 aliphatic rings. The van der Waals surface area contributed by atoms with Crippen LogP contribution in [0.2, 0.25) is 0 Å². The molecule has 0 atom stereocenters. The lowest BCUT2D eigenvalue weighted by Gasteiger charge is -2.09. The molecule has 0 amide bonds. The van der Waals surface area contributed by atoms with Crippen LogP contribution >= 0.6 is 24.8 Å². The molecular weight excluding hydrogens is 425 g/mol. The van der Waals surface area contributed by atoms with Crippen LogP contribution in [-0.2, 0) is 40.8 Å². The Morgan fingerprint density at radius 1 is 1.21 bits per heavy atom. The van der Waals surface area contributed by atoms with Gasteiger partial charge in [-0.2, -0.15) is 0 Å². The summed E-state index contributed by atoms with van der Waals surface area (Å²) in [5.41, 5.74) is 4.38. The van der Waals surface area contributed by atoms with Crippen molar-refractivity contribution in [2.45, 2.75) is 26.1 Å². The standard InChI is InChI=1S/C18H21N3O4S.2ClH/c1-25-18(22)15-5-6-16(20-10-15)11-21-26(23,24)8-7-13-3-2-4-14-9-19-12-17(13)14;;/h2-6,10,19,21H,7-9,11-12H2,1H3;2*1H. The number of fused-ring (bicyclic) bond motifs is 1. The summed E-state index contributed by atoms with van der Waals surface area (Å²) in [5.74, 6) is -0.460. The Bertz CT molecular complexity index is 906. The quantitative estimate of drug-likeness (QED) is 0.629. The normalized spacial score (nSPS) is 12.5. The zero-order valence-electron chi connectivity index (χ0n) is 15.3. The molecule has 2 aromatic rings.